The summed E-state index contributed by atoms with van der Waals surface area (Å²) in [5.41, 5.74) is 3.00. The van der Waals surface area contributed by atoms with Crippen molar-refractivity contribution in [1.29, 1.82) is 0 Å². The monoisotopic (exact) mass is 286 g/mol. The molecule has 1 aliphatic carbocycles. The van der Waals surface area contributed by atoms with E-state index >= 15 is 0 Å². The highest BCUT2D eigenvalue weighted by molar-refractivity contribution is 5.57. The highest BCUT2D eigenvalue weighted by Gasteiger charge is 2.18. The van der Waals surface area contributed by atoms with Crippen LogP contribution in [0.3, 0.4) is 0 Å². The Morgan fingerprint density at radius 3 is 2.81 bits per heavy atom. The number of anilines is 1. The Labute approximate surface area is 129 Å². The molecular formula is C19H30N2. The molecule has 1 aliphatic heterocycles. The third-order valence-corrected chi connectivity index (χ3v) is 5.33. The molecule has 1 aromatic carbocycles. The van der Waals surface area contributed by atoms with Gasteiger partial charge in [-0.25, -0.2) is 0 Å². The highest BCUT2D eigenvalue weighted by Crippen LogP contribution is 2.28. The van der Waals surface area contributed by atoms with Crippen LogP contribution < -0.4 is 10.2 Å². The summed E-state index contributed by atoms with van der Waals surface area (Å²) in [4.78, 5) is 2.55. The van der Waals surface area contributed by atoms with Gasteiger partial charge in [-0.1, -0.05) is 38.0 Å². The van der Waals surface area contributed by atoms with Crippen LogP contribution in [0.15, 0.2) is 24.3 Å². The molecule has 0 aromatic heterocycles. The Bertz CT molecular complexity index is 435. The van der Waals surface area contributed by atoms with Gasteiger partial charge in [0, 0.05) is 18.8 Å². The largest absolute Gasteiger partial charge is 0.371 e. The molecule has 0 atom stereocenters. The number of fused-ring (bicyclic) bond motifs is 1. The van der Waals surface area contributed by atoms with Crippen molar-refractivity contribution < 1.29 is 0 Å². The fourth-order valence-electron chi connectivity index (χ4n) is 3.87. The lowest BCUT2D eigenvalue weighted by atomic mass is 9.83. The van der Waals surface area contributed by atoms with Crippen LogP contribution in [-0.2, 0) is 6.42 Å². The zero-order valence-electron chi connectivity index (χ0n) is 13.5. The average molecular weight is 286 g/mol. The number of hydrogen-bond donors (Lipinski definition) is 1. The van der Waals surface area contributed by atoms with Crippen LogP contribution >= 0.6 is 0 Å². The SMILES string of the molecule is CC1CCC(CNCCCN2CCc3ccccc32)CC1. The van der Waals surface area contributed by atoms with Gasteiger partial charge in [0.1, 0.15) is 0 Å². The van der Waals surface area contributed by atoms with Crippen LogP contribution in [0, 0.1) is 11.8 Å². The van der Waals surface area contributed by atoms with E-state index in [2.05, 4.69) is 41.4 Å². The van der Waals surface area contributed by atoms with E-state index in [0.717, 1.165) is 11.8 Å². The van der Waals surface area contributed by atoms with Crippen molar-refractivity contribution >= 4 is 5.69 Å². The standard InChI is InChI=1S/C19H30N2/c1-16-7-9-17(10-8-16)15-20-12-4-13-21-14-11-18-5-2-3-6-19(18)21/h2-3,5-6,16-17,20H,4,7-15H2,1H3. The van der Waals surface area contributed by atoms with Gasteiger partial charge in [0.25, 0.3) is 0 Å². The topological polar surface area (TPSA) is 15.3 Å². The molecule has 0 unspecified atom stereocenters. The molecule has 116 valence electrons. The average Bonchev–Trinajstić information content (AvgIpc) is 2.92. The second-order valence-corrected chi connectivity index (χ2v) is 7.05. The first-order valence-corrected chi connectivity index (χ1v) is 8.86. The molecule has 0 bridgehead atoms. The molecule has 2 nitrogen and oxygen atoms in total. The molecule has 1 heterocycles. The minimum atomic E-state index is 0.939. The third-order valence-electron chi connectivity index (χ3n) is 5.33. The zero-order valence-corrected chi connectivity index (χ0v) is 13.5. The number of benzene rings is 1. The molecule has 1 aromatic rings. The van der Waals surface area contributed by atoms with Crippen LogP contribution in [0.1, 0.15) is 44.6 Å². The minimum Gasteiger partial charge on any atom is -0.371 e. The molecule has 1 N–H and O–H groups in total. The van der Waals surface area contributed by atoms with Gasteiger partial charge in [-0.3, -0.25) is 0 Å². The van der Waals surface area contributed by atoms with Crippen molar-refractivity contribution in [2.75, 3.05) is 31.1 Å². The molecule has 1 saturated carbocycles. The van der Waals surface area contributed by atoms with E-state index in [1.807, 2.05) is 0 Å². The lowest BCUT2D eigenvalue weighted by Crippen LogP contribution is -2.29. The van der Waals surface area contributed by atoms with Crippen molar-refractivity contribution in [2.24, 2.45) is 11.8 Å². The summed E-state index contributed by atoms with van der Waals surface area (Å²) < 4.78 is 0. The summed E-state index contributed by atoms with van der Waals surface area (Å²) in [6.45, 7) is 7.22. The summed E-state index contributed by atoms with van der Waals surface area (Å²) >= 11 is 0. The molecule has 0 saturated heterocycles. The van der Waals surface area contributed by atoms with E-state index in [0.29, 0.717) is 0 Å². The second kappa shape index (κ2) is 7.31. The van der Waals surface area contributed by atoms with E-state index in [1.54, 1.807) is 0 Å². The van der Waals surface area contributed by atoms with Crippen LogP contribution in [0.25, 0.3) is 0 Å². The normalized spacial score (nSPS) is 25.1. The van der Waals surface area contributed by atoms with E-state index in [1.165, 1.54) is 76.0 Å². The molecular weight excluding hydrogens is 256 g/mol. The molecule has 0 spiro atoms. The molecule has 0 amide bonds. The first kappa shape index (κ1) is 14.9. The van der Waals surface area contributed by atoms with E-state index in [9.17, 15) is 0 Å². The van der Waals surface area contributed by atoms with Gasteiger partial charge in [-0.15, -0.1) is 0 Å². The fraction of sp³-hybridized carbons (Fsp3) is 0.684. The van der Waals surface area contributed by atoms with Crippen LogP contribution in [0.4, 0.5) is 5.69 Å². The number of hydrogen-bond acceptors (Lipinski definition) is 2. The Morgan fingerprint density at radius 2 is 1.95 bits per heavy atom. The Morgan fingerprint density at radius 1 is 1.14 bits per heavy atom. The quantitative estimate of drug-likeness (QED) is 0.799. The number of para-hydroxylation sites is 1. The third kappa shape index (κ3) is 4.00. The van der Waals surface area contributed by atoms with Crippen molar-refractivity contribution in [3.05, 3.63) is 29.8 Å². The molecule has 2 heteroatoms. The molecule has 2 aliphatic rings. The summed E-state index contributed by atoms with van der Waals surface area (Å²) in [7, 11) is 0. The number of rotatable bonds is 6. The van der Waals surface area contributed by atoms with Crippen LogP contribution in [0.2, 0.25) is 0 Å². The number of nitrogens with one attached hydrogen (secondary N) is 1. The molecule has 3 rings (SSSR count). The van der Waals surface area contributed by atoms with E-state index < -0.39 is 0 Å². The molecule has 21 heavy (non-hydrogen) atoms. The Hall–Kier alpha value is -1.02. The maximum atomic E-state index is 3.69. The molecule has 1 fully saturated rings. The van der Waals surface area contributed by atoms with Gasteiger partial charge in [0.15, 0.2) is 0 Å². The van der Waals surface area contributed by atoms with Gasteiger partial charge in [-0.05, 0) is 62.2 Å². The van der Waals surface area contributed by atoms with Gasteiger partial charge in [0.05, 0.1) is 0 Å². The first-order valence-electron chi connectivity index (χ1n) is 8.86. The van der Waals surface area contributed by atoms with Gasteiger partial charge in [-0.2, -0.15) is 0 Å². The van der Waals surface area contributed by atoms with Crippen molar-refractivity contribution in [1.82, 2.24) is 5.32 Å². The Kier molecular flexibility index (Phi) is 5.18. The summed E-state index contributed by atoms with van der Waals surface area (Å²) in [5, 5.41) is 3.69. The lowest BCUT2D eigenvalue weighted by Gasteiger charge is -2.26. The minimum absolute atomic E-state index is 0.939. The van der Waals surface area contributed by atoms with E-state index in [-0.39, 0.29) is 0 Å². The second-order valence-electron chi connectivity index (χ2n) is 7.05. The maximum Gasteiger partial charge on any atom is 0.0399 e. The lowest BCUT2D eigenvalue weighted by molar-refractivity contribution is 0.282. The van der Waals surface area contributed by atoms with Gasteiger partial charge >= 0.3 is 0 Å². The Balaban J connectivity index is 1.31. The highest BCUT2D eigenvalue weighted by atomic mass is 15.1. The van der Waals surface area contributed by atoms with Crippen molar-refractivity contribution in [2.45, 2.75) is 45.4 Å². The maximum absolute atomic E-state index is 3.69. The summed E-state index contributed by atoms with van der Waals surface area (Å²) in [6, 6.07) is 8.88. The first-order chi connectivity index (χ1) is 10.3. The zero-order chi connectivity index (χ0) is 14.5. The number of nitrogens with zero attached hydrogens (tertiary/aromatic N) is 1. The van der Waals surface area contributed by atoms with Gasteiger partial charge < -0.3 is 10.2 Å². The van der Waals surface area contributed by atoms with Crippen LogP contribution in [0.5, 0.6) is 0 Å². The predicted molar refractivity (Wildman–Crippen MR) is 91.0 cm³/mol. The van der Waals surface area contributed by atoms with Crippen molar-refractivity contribution in [3.63, 3.8) is 0 Å². The smallest absolute Gasteiger partial charge is 0.0399 e. The van der Waals surface area contributed by atoms with Crippen molar-refractivity contribution in [3.8, 4) is 0 Å². The summed E-state index contributed by atoms with van der Waals surface area (Å²) in [6.07, 6.45) is 8.25. The fourth-order valence-corrected chi connectivity index (χ4v) is 3.87. The predicted octanol–water partition coefficient (Wildman–Crippen LogP) is 3.86. The molecule has 0 radical (unpaired) electrons. The van der Waals surface area contributed by atoms with Crippen LogP contribution in [-0.4, -0.2) is 26.2 Å². The van der Waals surface area contributed by atoms with Gasteiger partial charge in [0.2, 0.25) is 0 Å². The summed E-state index contributed by atoms with van der Waals surface area (Å²) in [5.74, 6) is 1.91. The van der Waals surface area contributed by atoms with E-state index in [4.69, 9.17) is 0 Å².